The fourth-order valence-corrected chi connectivity index (χ4v) is 2.21. The number of hydrogen-bond donors (Lipinski definition) is 3. The Balaban J connectivity index is 2.13. The van der Waals surface area contributed by atoms with Crippen molar-refractivity contribution >= 4 is 17.8 Å². The smallest absolute Gasteiger partial charge is 0.337 e. The molecular weight excluding hydrogens is 326 g/mol. The molecule has 0 bridgehead atoms. The maximum atomic E-state index is 12.3. The third kappa shape index (κ3) is 4.81. The van der Waals surface area contributed by atoms with Gasteiger partial charge >= 0.3 is 11.9 Å². The van der Waals surface area contributed by atoms with E-state index < -0.39 is 23.9 Å². The van der Waals surface area contributed by atoms with Crippen molar-refractivity contribution < 1.29 is 29.3 Å². The Morgan fingerprint density at radius 1 is 1.08 bits per heavy atom. The quantitative estimate of drug-likeness (QED) is 0.687. The zero-order valence-electron chi connectivity index (χ0n) is 13.4. The van der Waals surface area contributed by atoms with E-state index in [4.69, 9.17) is 0 Å². The lowest BCUT2D eigenvalue weighted by atomic mass is 10.0. The molecule has 1 atom stereocenters. The van der Waals surface area contributed by atoms with Gasteiger partial charge in [0.2, 0.25) is 0 Å². The molecule has 0 aliphatic heterocycles. The highest BCUT2D eigenvalue weighted by atomic mass is 16.5. The molecule has 0 heterocycles. The Bertz CT molecular complexity index is 784. The van der Waals surface area contributed by atoms with Crippen LogP contribution in [0.1, 0.15) is 26.3 Å². The number of phenolic OH excluding ortho intramolecular Hbond substituents is 1. The second-order valence-corrected chi connectivity index (χ2v) is 5.31. The molecular formula is C18H17NO6. The van der Waals surface area contributed by atoms with Crippen LogP contribution in [0, 0.1) is 0 Å². The predicted molar refractivity (Wildman–Crippen MR) is 88.5 cm³/mol. The Labute approximate surface area is 143 Å². The summed E-state index contributed by atoms with van der Waals surface area (Å²) in [4.78, 5) is 35.2. The predicted octanol–water partition coefficient (Wildman–Crippen LogP) is 1.60. The van der Waals surface area contributed by atoms with Crippen LogP contribution in [0.2, 0.25) is 0 Å². The Morgan fingerprint density at radius 3 is 2.32 bits per heavy atom. The van der Waals surface area contributed by atoms with Gasteiger partial charge in [-0.2, -0.15) is 0 Å². The van der Waals surface area contributed by atoms with Gasteiger partial charge in [0.25, 0.3) is 5.91 Å². The molecule has 7 heteroatoms. The number of rotatable bonds is 6. The van der Waals surface area contributed by atoms with E-state index in [1.165, 1.54) is 43.5 Å². The Hall–Kier alpha value is -3.35. The Morgan fingerprint density at radius 2 is 1.72 bits per heavy atom. The molecule has 0 radical (unpaired) electrons. The standard InChI is InChI=1S/C18H17NO6/c1-25-18(24)13-4-2-3-12(10-13)16(21)19-15(17(22)23)9-11-5-7-14(20)8-6-11/h2-8,10,15,20H,9H2,1H3,(H,19,21)(H,22,23). The van der Waals surface area contributed by atoms with Crippen LogP contribution in [0.5, 0.6) is 5.75 Å². The highest BCUT2D eigenvalue weighted by molar-refractivity contribution is 5.99. The monoisotopic (exact) mass is 343 g/mol. The van der Waals surface area contributed by atoms with Gasteiger partial charge in [-0.25, -0.2) is 9.59 Å². The molecule has 3 N–H and O–H groups in total. The minimum atomic E-state index is -1.19. The summed E-state index contributed by atoms with van der Waals surface area (Å²) >= 11 is 0. The number of ether oxygens (including phenoxy) is 1. The minimum Gasteiger partial charge on any atom is -0.508 e. The van der Waals surface area contributed by atoms with Crippen molar-refractivity contribution in [3.05, 3.63) is 65.2 Å². The fraction of sp³-hybridized carbons (Fsp3) is 0.167. The van der Waals surface area contributed by atoms with Crippen LogP contribution in [0.4, 0.5) is 0 Å². The first-order chi connectivity index (χ1) is 11.9. The molecule has 2 aromatic rings. The number of aromatic hydroxyl groups is 1. The van der Waals surface area contributed by atoms with E-state index >= 15 is 0 Å². The average molecular weight is 343 g/mol. The molecule has 1 amide bonds. The molecule has 1 unspecified atom stereocenters. The van der Waals surface area contributed by atoms with Crippen LogP contribution in [0.3, 0.4) is 0 Å². The molecule has 25 heavy (non-hydrogen) atoms. The highest BCUT2D eigenvalue weighted by Gasteiger charge is 2.21. The molecule has 2 rings (SSSR count). The van der Waals surface area contributed by atoms with Crippen molar-refractivity contribution in [2.75, 3.05) is 7.11 Å². The third-order valence-corrected chi connectivity index (χ3v) is 3.53. The van der Waals surface area contributed by atoms with E-state index in [1.54, 1.807) is 12.1 Å². The average Bonchev–Trinajstić information content (AvgIpc) is 2.62. The molecule has 0 aliphatic carbocycles. The summed E-state index contributed by atoms with van der Waals surface area (Å²) < 4.78 is 4.59. The first kappa shape index (κ1) is 18.0. The third-order valence-electron chi connectivity index (χ3n) is 3.53. The number of benzene rings is 2. The van der Waals surface area contributed by atoms with Crippen molar-refractivity contribution in [3.63, 3.8) is 0 Å². The second kappa shape index (κ2) is 7.96. The van der Waals surface area contributed by atoms with Crippen LogP contribution in [0.25, 0.3) is 0 Å². The largest absolute Gasteiger partial charge is 0.508 e. The Kier molecular flexibility index (Phi) is 5.73. The topological polar surface area (TPSA) is 113 Å². The van der Waals surface area contributed by atoms with Gasteiger partial charge in [-0.05, 0) is 35.9 Å². The van der Waals surface area contributed by atoms with E-state index in [0.717, 1.165) is 0 Å². The fourth-order valence-electron chi connectivity index (χ4n) is 2.21. The van der Waals surface area contributed by atoms with Crippen LogP contribution in [0.15, 0.2) is 48.5 Å². The van der Waals surface area contributed by atoms with Crippen molar-refractivity contribution in [1.29, 1.82) is 0 Å². The number of nitrogens with one attached hydrogen (secondary N) is 1. The number of carboxylic acids is 1. The summed E-state index contributed by atoms with van der Waals surface area (Å²) in [7, 11) is 1.23. The maximum Gasteiger partial charge on any atom is 0.337 e. The van der Waals surface area contributed by atoms with Gasteiger partial charge < -0.3 is 20.3 Å². The van der Waals surface area contributed by atoms with Gasteiger partial charge in [0.15, 0.2) is 0 Å². The number of methoxy groups -OCH3 is 1. The summed E-state index contributed by atoms with van der Waals surface area (Å²) in [5.74, 6) is -2.32. The number of aliphatic carboxylic acids is 1. The zero-order valence-corrected chi connectivity index (χ0v) is 13.4. The minimum absolute atomic E-state index is 0.0536. The van der Waals surface area contributed by atoms with E-state index in [0.29, 0.717) is 5.56 Å². The van der Waals surface area contributed by atoms with Crippen LogP contribution < -0.4 is 5.32 Å². The number of phenols is 1. The molecule has 0 aliphatic rings. The highest BCUT2D eigenvalue weighted by Crippen LogP contribution is 2.12. The molecule has 0 saturated heterocycles. The molecule has 130 valence electrons. The summed E-state index contributed by atoms with van der Waals surface area (Å²) in [6, 6.07) is 10.7. The van der Waals surface area contributed by atoms with Crippen molar-refractivity contribution in [3.8, 4) is 5.75 Å². The second-order valence-electron chi connectivity index (χ2n) is 5.31. The van der Waals surface area contributed by atoms with Crippen molar-refractivity contribution in [2.24, 2.45) is 0 Å². The molecule has 0 aromatic heterocycles. The summed E-state index contributed by atoms with van der Waals surface area (Å²) in [5.41, 5.74) is 0.995. The van der Waals surface area contributed by atoms with Gasteiger partial charge in [0, 0.05) is 12.0 Å². The summed E-state index contributed by atoms with van der Waals surface area (Å²) in [5, 5.41) is 21.0. The molecule has 0 fully saturated rings. The van der Waals surface area contributed by atoms with Crippen molar-refractivity contribution in [2.45, 2.75) is 12.5 Å². The van der Waals surface area contributed by atoms with E-state index in [9.17, 15) is 24.6 Å². The van der Waals surface area contributed by atoms with Gasteiger partial charge in [-0.1, -0.05) is 18.2 Å². The van der Waals surface area contributed by atoms with Gasteiger partial charge in [0.1, 0.15) is 11.8 Å². The van der Waals surface area contributed by atoms with E-state index in [-0.39, 0.29) is 23.3 Å². The lowest BCUT2D eigenvalue weighted by Gasteiger charge is -2.15. The summed E-state index contributed by atoms with van der Waals surface area (Å²) in [6.45, 7) is 0. The molecule has 0 saturated carbocycles. The number of amides is 1. The number of carboxylic acid groups (broad SMARTS) is 1. The van der Waals surface area contributed by atoms with Crippen LogP contribution in [-0.2, 0) is 16.0 Å². The van der Waals surface area contributed by atoms with Crippen LogP contribution in [-0.4, -0.2) is 41.2 Å². The molecule has 0 spiro atoms. The zero-order chi connectivity index (χ0) is 18.4. The van der Waals surface area contributed by atoms with E-state index in [2.05, 4.69) is 10.1 Å². The lowest BCUT2D eigenvalue weighted by molar-refractivity contribution is -0.139. The van der Waals surface area contributed by atoms with Crippen molar-refractivity contribution in [1.82, 2.24) is 5.32 Å². The summed E-state index contributed by atoms with van der Waals surface area (Å²) in [6.07, 6.45) is 0.0536. The SMILES string of the molecule is COC(=O)c1cccc(C(=O)NC(Cc2ccc(O)cc2)C(=O)O)c1. The van der Waals surface area contributed by atoms with Gasteiger partial charge in [-0.15, -0.1) is 0 Å². The number of carbonyl (C=O) groups is 3. The van der Waals surface area contributed by atoms with E-state index in [1.807, 2.05) is 0 Å². The first-order valence-electron chi connectivity index (χ1n) is 7.40. The number of esters is 1. The van der Waals surface area contributed by atoms with Gasteiger partial charge in [-0.3, -0.25) is 4.79 Å². The number of carbonyl (C=O) groups excluding carboxylic acids is 2. The molecule has 2 aromatic carbocycles. The van der Waals surface area contributed by atoms with Crippen LogP contribution >= 0.6 is 0 Å². The number of hydrogen-bond acceptors (Lipinski definition) is 5. The molecule has 7 nitrogen and oxygen atoms in total. The first-order valence-corrected chi connectivity index (χ1v) is 7.40. The maximum absolute atomic E-state index is 12.3. The normalized spacial score (nSPS) is 11.4. The lowest BCUT2D eigenvalue weighted by Crippen LogP contribution is -2.42. The van der Waals surface area contributed by atoms with Gasteiger partial charge in [0.05, 0.1) is 12.7 Å².